The van der Waals surface area contributed by atoms with E-state index in [4.69, 9.17) is 0 Å². The molecule has 0 spiro atoms. The molecule has 0 radical (unpaired) electrons. The lowest BCUT2D eigenvalue weighted by molar-refractivity contribution is -0.116. The predicted octanol–water partition coefficient (Wildman–Crippen LogP) is 5.30. The highest BCUT2D eigenvalue weighted by atomic mass is 16.1. The van der Waals surface area contributed by atoms with Gasteiger partial charge in [0.1, 0.15) is 0 Å². The van der Waals surface area contributed by atoms with Crippen molar-refractivity contribution in [3.05, 3.63) is 59.7 Å². The fraction of sp³-hybridized carbons (Fsp3) is 0.450. The number of Topliss-reactive ketones (excluding diaryl/α,β-unsaturated/α-hetero) is 1. The van der Waals surface area contributed by atoms with Crippen LogP contribution in [0.15, 0.2) is 54.1 Å². The zero-order valence-electron chi connectivity index (χ0n) is 13.6. The normalized spacial score (nSPS) is 25.4. The molecule has 1 saturated carbocycles. The van der Waals surface area contributed by atoms with Gasteiger partial charge in [0, 0.05) is 12.0 Å². The Bertz CT molecular complexity index is 557. The number of carbonyl (C=O) groups is 1. The van der Waals surface area contributed by atoms with Crippen molar-refractivity contribution in [3.8, 4) is 0 Å². The number of hydrogen-bond donors (Lipinski definition) is 0. The topological polar surface area (TPSA) is 17.1 Å². The monoisotopic (exact) mass is 282 g/mol. The van der Waals surface area contributed by atoms with Gasteiger partial charge in [-0.2, -0.15) is 0 Å². The number of carbonyl (C=O) groups excluding carboxylic acids is 1. The predicted molar refractivity (Wildman–Crippen MR) is 89.3 cm³/mol. The van der Waals surface area contributed by atoms with Crippen molar-refractivity contribution in [2.75, 3.05) is 0 Å². The molecule has 1 nitrogen and oxygen atoms in total. The van der Waals surface area contributed by atoms with Gasteiger partial charge < -0.3 is 0 Å². The van der Waals surface area contributed by atoms with Crippen LogP contribution in [0.1, 0.15) is 52.0 Å². The number of allylic oxidation sites excluding steroid dienone is 3. The Morgan fingerprint density at radius 1 is 1.24 bits per heavy atom. The van der Waals surface area contributed by atoms with Gasteiger partial charge in [0.15, 0.2) is 5.78 Å². The average Bonchev–Trinajstić information content (AvgIpc) is 2.42. The molecular weight excluding hydrogens is 256 g/mol. The Labute approximate surface area is 128 Å². The highest BCUT2D eigenvalue weighted by molar-refractivity contribution is 6.01. The molecular formula is C20H26O. The standard InChI is InChI=1S/C20H26O/c1-14-15(2)18(16-9-7-6-8-10-16)13-19(21)17(14)11-12-20(3,4)5/h6-11,15,18H,1,12-13H2,2-5H3/b17-11-. The summed E-state index contributed by atoms with van der Waals surface area (Å²) in [5, 5.41) is 0. The molecule has 21 heavy (non-hydrogen) atoms. The van der Waals surface area contributed by atoms with Crippen molar-refractivity contribution < 1.29 is 4.79 Å². The van der Waals surface area contributed by atoms with Crippen LogP contribution in [-0.4, -0.2) is 5.78 Å². The molecule has 0 heterocycles. The van der Waals surface area contributed by atoms with Crippen LogP contribution in [0.3, 0.4) is 0 Å². The molecule has 0 N–H and O–H groups in total. The smallest absolute Gasteiger partial charge is 0.163 e. The van der Waals surface area contributed by atoms with Gasteiger partial charge >= 0.3 is 0 Å². The van der Waals surface area contributed by atoms with Crippen LogP contribution in [-0.2, 0) is 4.79 Å². The Hall–Kier alpha value is -1.63. The molecule has 2 rings (SSSR count). The van der Waals surface area contributed by atoms with Gasteiger partial charge in [-0.15, -0.1) is 0 Å². The van der Waals surface area contributed by atoms with Crippen molar-refractivity contribution >= 4 is 5.78 Å². The molecule has 112 valence electrons. The fourth-order valence-corrected chi connectivity index (χ4v) is 2.91. The van der Waals surface area contributed by atoms with Crippen LogP contribution in [0.25, 0.3) is 0 Å². The van der Waals surface area contributed by atoms with Gasteiger partial charge in [-0.3, -0.25) is 4.79 Å². The summed E-state index contributed by atoms with van der Waals surface area (Å²) in [5.74, 6) is 0.825. The first-order chi connectivity index (χ1) is 9.79. The highest BCUT2D eigenvalue weighted by Gasteiger charge is 2.33. The van der Waals surface area contributed by atoms with Crippen LogP contribution in [0.2, 0.25) is 0 Å². The summed E-state index contributed by atoms with van der Waals surface area (Å²) in [5.41, 5.74) is 3.32. The van der Waals surface area contributed by atoms with Gasteiger partial charge in [0.2, 0.25) is 0 Å². The molecule has 0 bridgehead atoms. The van der Waals surface area contributed by atoms with Crippen molar-refractivity contribution in [1.82, 2.24) is 0 Å². The van der Waals surface area contributed by atoms with Gasteiger partial charge in [-0.05, 0) is 34.8 Å². The Balaban J connectivity index is 2.24. The zero-order chi connectivity index (χ0) is 15.6. The van der Waals surface area contributed by atoms with Crippen molar-refractivity contribution in [2.24, 2.45) is 11.3 Å². The van der Waals surface area contributed by atoms with Crippen LogP contribution in [0.4, 0.5) is 0 Å². The molecule has 1 aromatic carbocycles. The maximum Gasteiger partial charge on any atom is 0.163 e. The first kappa shape index (κ1) is 15.8. The lowest BCUT2D eigenvalue weighted by atomic mass is 9.70. The molecule has 1 fully saturated rings. The molecule has 2 atom stereocenters. The second-order valence-corrected chi connectivity index (χ2v) is 7.34. The van der Waals surface area contributed by atoms with E-state index in [1.807, 2.05) is 18.2 Å². The molecule has 1 aliphatic carbocycles. The molecule has 0 amide bonds. The van der Waals surface area contributed by atoms with E-state index in [0.717, 1.165) is 17.6 Å². The maximum atomic E-state index is 12.5. The summed E-state index contributed by atoms with van der Waals surface area (Å²) in [6.45, 7) is 13.0. The molecule has 0 aromatic heterocycles. The molecule has 2 unspecified atom stereocenters. The third-order valence-corrected chi connectivity index (χ3v) is 4.35. The average molecular weight is 282 g/mol. The second kappa shape index (κ2) is 6.01. The molecule has 1 aliphatic rings. The Morgan fingerprint density at radius 2 is 1.86 bits per heavy atom. The summed E-state index contributed by atoms with van der Waals surface area (Å²) in [7, 11) is 0. The summed E-state index contributed by atoms with van der Waals surface area (Å²) in [6, 6.07) is 10.3. The van der Waals surface area contributed by atoms with Crippen LogP contribution < -0.4 is 0 Å². The Morgan fingerprint density at radius 3 is 2.43 bits per heavy atom. The van der Waals surface area contributed by atoms with E-state index in [0.29, 0.717) is 12.3 Å². The molecule has 0 aliphatic heterocycles. The van der Waals surface area contributed by atoms with Crippen LogP contribution >= 0.6 is 0 Å². The van der Waals surface area contributed by atoms with E-state index in [2.05, 4.69) is 52.5 Å². The Kier molecular flexibility index (Phi) is 4.51. The van der Waals surface area contributed by atoms with Crippen LogP contribution in [0, 0.1) is 11.3 Å². The van der Waals surface area contributed by atoms with E-state index in [1.54, 1.807) is 0 Å². The largest absolute Gasteiger partial charge is 0.294 e. The third kappa shape index (κ3) is 3.72. The van der Waals surface area contributed by atoms with E-state index in [-0.39, 0.29) is 17.1 Å². The highest BCUT2D eigenvalue weighted by Crippen LogP contribution is 2.41. The van der Waals surface area contributed by atoms with Crippen molar-refractivity contribution in [2.45, 2.75) is 46.5 Å². The van der Waals surface area contributed by atoms with E-state index in [1.165, 1.54) is 5.56 Å². The molecule has 1 heteroatoms. The lowest BCUT2D eigenvalue weighted by Crippen LogP contribution is -2.26. The summed E-state index contributed by atoms with van der Waals surface area (Å²) < 4.78 is 0. The second-order valence-electron chi connectivity index (χ2n) is 7.34. The van der Waals surface area contributed by atoms with E-state index < -0.39 is 0 Å². The van der Waals surface area contributed by atoms with Gasteiger partial charge in [-0.1, -0.05) is 70.7 Å². The quantitative estimate of drug-likeness (QED) is 0.673. The first-order valence-electron chi connectivity index (χ1n) is 7.77. The van der Waals surface area contributed by atoms with Gasteiger partial charge in [0.05, 0.1) is 0 Å². The maximum absolute atomic E-state index is 12.5. The minimum Gasteiger partial charge on any atom is -0.294 e. The summed E-state index contributed by atoms with van der Waals surface area (Å²) in [6.07, 6.45) is 3.61. The number of rotatable bonds is 2. The fourth-order valence-electron chi connectivity index (χ4n) is 2.91. The summed E-state index contributed by atoms with van der Waals surface area (Å²) in [4.78, 5) is 12.5. The van der Waals surface area contributed by atoms with Gasteiger partial charge in [-0.25, -0.2) is 0 Å². The molecule has 0 saturated heterocycles. The number of benzene rings is 1. The zero-order valence-corrected chi connectivity index (χ0v) is 13.6. The van der Waals surface area contributed by atoms with Crippen LogP contribution in [0.5, 0.6) is 0 Å². The van der Waals surface area contributed by atoms with E-state index >= 15 is 0 Å². The lowest BCUT2D eigenvalue weighted by Gasteiger charge is -2.32. The number of ketones is 1. The summed E-state index contributed by atoms with van der Waals surface area (Å²) >= 11 is 0. The number of hydrogen-bond acceptors (Lipinski definition) is 1. The molecule has 1 aromatic rings. The van der Waals surface area contributed by atoms with E-state index in [9.17, 15) is 4.79 Å². The minimum absolute atomic E-state index is 0.201. The SMILES string of the molecule is C=C1/C(=C/CC(C)(C)C)C(=O)CC(c2ccccc2)C1C. The third-order valence-electron chi connectivity index (χ3n) is 4.35. The van der Waals surface area contributed by atoms with Gasteiger partial charge in [0.25, 0.3) is 0 Å². The first-order valence-corrected chi connectivity index (χ1v) is 7.77. The van der Waals surface area contributed by atoms with Crippen molar-refractivity contribution in [1.29, 1.82) is 0 Å². The minimum atomic E-state index is 0.201. The van der Waals surface area contributed by atoms with Crippen molar-refractivity contribution in [3.63, 3.8) is 0 Å².